The number of halogens is 2. The standard InChI is InChI=1S/C28H46N2O2.2BrH/c1-29(2,23-15-25-31-27-17-9-7-10-18-27)21-13-5-6-14-22-30(3,4)24-16-26-32-28-19-11-8-12-20-28;;/h7-12,17-20H,5-6,13-16,21-26H2,1-4H3;2*1H/q+2;;/p-2. The second-order valence-electron chi connectivity index (χ2n) is 10.2. The third kappa shape index (κ3) is 15.8. The number of benzene rings is 2. The van der Waals surface area contributed by atoms with E-state index in [0.29, 0.717) is 0 Å². The van der Waals surface area contributed by atoms with E-state index in [2.05, 4.69) is 28.2 Å². The van der Waals surface area contributed by atoms with Crippen molar-refractivity contribution in [1.82, 2.24) is 0 Å². The molecule has 6 heteroatoms. The summed E-state index contributed by atoms with van der Waals surface area (Å²) in [5.41, 5.74) is 0. The molecule has 0 aliphatic carbocycles. The lowest BCUT2D eigenvalue weighted by atomic mass is 10.1. The van der Waals surface area contributed by atoms with Gasteiger partial charge >= 0.3 is 0 Å². The van der Waals surface area contributed by atoms with E-state index in [1.807, 2.05) is 60.7 Å². The molecule has 4 nitrogen and oxygen atoms in total. The minimum atomic E-state index is 0. The van der Waals surface area contributed by atoms with E-state index in [1.54, 1.807) is 0 Å². The molecule has 0 atom stereocenters. The first-order chi connectivity index (χ1) is 15.4. The largest absolute Gasteiger partial charge is 1.00 e. The predicted molar refractivity (Wildman–Crippen MR) is 135 cm³/mol. The van der Waals surface area contributed by atoms with Crippen LogP contribution in [0.3, 0.4) is 0 Å². The molecule has 0 saturated carbocycles. The number of rotatable bonds is 17. The molecule has 2 rings (SSSR count). The van der Waals surface area contributed by atoms with Crippen molar-refractivity contribution >= 4 is 0 Å². The Labute approximate surface area is 230 Å². The van der Waals surface area contributed by atoms with E-state index in [-0.39, 0.29) is 34.0 Å². The molecular formula is C28H46Br2N2O2. The maximum atomic E-state index is 5.83. The van der Waals surface area contributed by atoms with Crippen LogP contribution in [-0.2, 0) is 0 Å². The smallest absolute Gasteiger partial charge is 0.119 e. The molecule has 0 fully saturated rings. The van der Waals surface area contributed by atoms with E-state index in [4.69, 9.17) is 9.47 Å². The third-order valence-corrected chi connectivity index (χ3v) is 6.12. The van der Waals surface area contributed by atoms with E-state index < -0.39 is 0 Å². The van der Waals surface area contributed by atoms with Gasteiger partial charge in [-0.25, -0.2) is 0 Å². The van der Waals surface area contributed by atoms with Crippen molar-refractivity contribution in [2.24, 2.45) is 0 Å². The number of nitrogens with zero attached hydrogens (tertiary/aromatic N) is 2. The highest BCUT2D eigenvalue weighted by atomic mass is 79.9. The fraction of sp³-hybridized carbons (Fsp3) is 0.571. The van der Waals surface area contributed by atoms with Crippen molar-refractivity contribution in [2.45, 2.75) is 38.5 Å². The fourth-order valence-electron chi connectivity index (χ4n) is 4.06. The topological polar surface area (TPSA) is 18.5 Å². The number of ether oxygens (including phenoxy) is 2. The summed E-state index contributed by atoms with van der Waals surface area (Å²) in [6.45, 7) is 6.44. The summed E-state index contributed by atoms with van der Waals surface area (Å²) in [7, 11) is 9.39. The van der Waals surface area contributed by atoms with E-state index >= 15 is 0 Å². The summed E-state index contributed by atoms with van der Waals surface area (Å²) < 4.78 is 13.8. The average molecular weight is 602 g/mol. The second kappa shape index (κ2) is 18.2. The molecule has 0 radical (unpaired) electrons. The first-order valence-electron chi connectivity index (χ1n) is 12.4. The number of unbranched alkanes of at least 4 members (excludes halogenated alkanes) is 3. The third-order valence-electron chi connectivity index (χ3n) is 6.12. The Bertz CT molecular complexity index is 664. The van der Waals surface area contributed by atoms with Gasteiger partial charge in [0, 0.05) is 12.8 Å². The minimum absolute atomic E-state index is 0. The highest BCUT2D eigenvalue weighted by Gasteiger charge is 2.16. The van der Waals surface area contributed by atoms with Crippen molar-refractivity contribution in [3.8, 4) is 11.5 Å². The Balaban J connectivity index is 0.00000544. The van der Waals surface area contributed by atoms with Gasteiger partial charge in [0.2, 0.25) is 0 Å². The normalized spacial score (nSPS) is 11.3. The molecule has 0 aliphatic rings. The van der Waals surface area contributed by atoms with Crippen LogP contribution in [-0.4, -0.2) is 76.5 Å². The summed E-state index contributed by atoms with van der Waals surface area (Å²) in [6.07, 6.45) is 7.48. The molecule has 0 amide bonds. The van der Waals surface area contributed by atoms with Crippen LogP contribution >= 0.6 is 0 Å². The van der Waals surface area contributed by atoms with Crippen LogP contribution < -0.4 is 43.4 Å². The van der Waals surface area contributed by atoms with Gasteiger partial charge in [0.1, 0.15) is 11.5 Å². The van der Waals surface area contributed by atoms with Gasteiger partial charge in [-0.3, -0.25) is 0 Å². The van der Waals surface area contributed by atoms with Crippen LogP contribution in [0.4, 0.5) is 0 Å². The van der Waals surface area contributed by atoms with Crippen molar-refractivity contribution in [1.29, 1.82) is 0 Å². The van der Waals surface area contributed by atoms with Crippen molar-refractivity contribution in [3.05, 3.63) is 60.7 Å². The number of quaternary nitrogens is 2. The summed E-state index contributed by atoms with van der Waals surface area (Å²) in [4.78, 5) is 0. The Hall–Kier alpha value is -1.08. The Morgan fingerprint density at radius 1 is 0.471 bits per heavy atom. The molecule has 0 aliphatic heterocycles. The van der Waals surface area contributed by atoms with Gasteiger partial charge in [-0.2, -0.15) is 0 Å². The minimum Gasteiger partial charge on any atom is -1.00 e. The summed E-state index contributed by atoms with van der Waals surface area (Å²) >= 11 is 0. The molecule has 2 aromatic rings. The Morgan fingerprint density at radius 2 is 0.794 bits per heavy atom. The van der Waals surface area contributed by atoms with Gasteiger partial charge < -0.3 is 52.4 Å². The first-order valence-corrected chi connectivity index (χ1v) is 12.4. The van der Waals surface area contributed by atoms with Crippen molar-refractivity contribution in [3.63, 3.8) is 0 Å². The molecular weight excluding hydrogens is 556 g/mol. The highest BCUT2D eigenvalue weighted by Crippen LogP contribution is 2.12. The van der Waals surface area contributed by atoms with Crippen LogP contribution in [0, 0.1) is 0 Å². The zero-order valence-electron chi connectivity index (χ0n) is 21.7. The van der Waals surface area contributed by atoms with Crippen LogP contribution in [0.5, 0.6) is 11.5 Å². The molecule has 2 aromatic carbocycles. The van der Waals surface area contributed by atoms with E-state index in [1.165, 1.54) is 51.9 Å². The quantitative estimate of drug-likeness (QED) is 0.182. The number of hydrogen-bond donors (Lipinski definition) is 0. The molecule has 0 aromatic heterocycles. The molecule has 194 valence electrons. The van der Waals surface area contributed by atoms with Crippen LogP contribution in [0.1, 0.15) is 38.5 Å². The lowest BCUT2D eigenvalue weighted by molar-refractivity contribution is -0.891. The fourth-order valence-corrected chi connectivity index (χ4v) is 4.06. The lowest BCUT2D eigenvalue weighted by Crippen LogP contribution is -3.00. The second-order valence-corrected chi connectivity index (χ2v) is 10.2. The van der Waals surface area contributed by atoms with Crippen LogP contribution in [0.2, 0.25) is 0 Å². The monoisotopic (exact) mass is 600 g/mol. The SMILES string of the molecule is C[N+](C)(CCCCCC[N+](C)(C)CCCOc1ccccc1)CCCOc1ccccc1.[Br-].[Br-]. The molecule has 0 saturated heterocycles. The van der Waals surface area contributed by atoms with Crippen LogP contribution in [0.15, 0.2) is 60.7 Å². The van der Waals surface area contributed by atoms with Crippen molar-refractivity contribution < 1.29 is 52.4 Å². The molecule has 34 heavy (non-hydrogen) atoms. The molecule has 0 bridgehead atoms. The maximum Gasteiger partial charge on any atom is 0.119 e. The zero-order valence-corrected chi connectivity index (χ0v) is 24.9. The average Bonchev–Trinajstić information content (AvgIpc) is 2.78. The maximum absolute atomic E-state index is 5.83. The highest BCUT2D eigenvalue weighted by molar-refractivity contribution is 5.21. The van der Waals surface area contributed by atoms with Gasteiger partial charge in [-0.15, -0.1) is 0 Å². The van der Waals surface area contributed by atoms with Crippen LogP contribution in [0.25, 0.3) is 0 Å². The molecule has 0 spiro atoms. The first kappa shape index (κ1) is 32.9. The Kier molecular flexibility index (Phi) is 17.6. The summed E-state index contributed by atoms with van der Waals surface area (Å²) in [5.74, 6) is 1.95. The molecule has 0 N–H and O–H groups in total. The summed E-state index contributed by atoms with van der Waals surface area (Å²) in [6, 6.07) is 20.2. The number of hydrogen-bond acceptors (Lipinski definition) is 2. The van der Waals surface area contributed by atoms with Gasteiger partial charge in [0.15, 0.2) is 0 Å². The lowest BCUT2D eigenvalue weighted by Gasteiger charge is -2.31. The van der Waals surface area contributed by atoms with Gasteiger partial charge in [0.25, 0.3) is 0 Å². The number of para-hydroxylation sites is 2. The van der Waals surface area contributed by atoms with Gasteiger partial charge in [0.05, 0.1) is 67.6 Å². The summed E-state index contributed by atoms with van der Waals surface area (Å²) in [5, 5.41) is 0. The Morgan fingerprint density at radius 3 is 1.15 bits per heavy atom. The zero-order chi connectivity index (χ0) is 23.1. The molecule has 0 heterocycles. The van der Waals surface area contributed by atoms with Gasteiger partial charge in [-0.05, 0) is 49.9 Å². The molecule has 0 unspecified atom stereocenters. The predicted octanol–water partition coefficient (Wildman–Crippen LogP) is -0.354. The van der Waals surface area contributed by atoms with Crippen molar-refractivity contribution in [2.75, 3.05) is 67.6 Å². The van der Waals surface area contributed by atoms with E-state index in [0.717, 1.165) is 46.5 Å². The van der Waals surface area contributed by atoms with Gasteiger partial charge in [-0.1, -0.05) is 36.4 Å². The van der Waals surface area contributed by atoms with E-state index in [9.17, 15) is 0 Å².